The highest BCUT2D eigenvalue weighted by Gasteiger charge is 2.03. The third-order valence-electron chi connectivity index (χ3n) is 1.02. The standard InChI is InChI=1S/C6H3Br2ClS/c7-3-1-2-4(9)6(10)5(3)8/h1-2,10H. The monoisotopic (exact) mass is 300 g/mol. The van der Waals surface area contributed by atoms with E-state index >= 15 is 0 Å². The van der Waals surface area contributed by atoms with E-state index in [0.717, 1.165) is 13.8 Å². The summed E-state index contributed by atoms with van der Waals surface area (Å²) in [6.07, 6.45) is 0. The lowest BCUT2D eigenvalue weighted by Gasteiger charge is -2.00. The van der Waals surface area contributed by atoms with Gasteiger partial charge >= 0.3 is 0 Å². The Morgan fingerprint density at radius 1 is 1.30 bits per heavy atom. The Hall–Kier alpha value is 0.820. The van der Waals surface area contributed by atoms with Crippen LogP contribution in [0.15, 0.2) is 26.0 Å². The normalized spacial score (nSPS) is 10.0. The van der Waals surface area contributed by atoms with Crippen molar-refractivity contribution in [3.05, 3.63) is 26.1 Å². The second kappa shape index (κ2) is 3.48. The molecule has 0 aliphatic heterocycles. The second-order valence-corrected chi connectivity index (χ2v) is 4.19. The molecular weight excluding hydrogens is 299 g/mol. The highest BCUT2D eigenvalue weighted by molar-refractivity contribution is 9.13. The lowest BCUT2D eigenvalue weighted by molar-refractivity contribution is 1.39. The van der Waals surface area contributed by atoms with E-state index in [0.29, 0.717) is 5.02 Å². The Morgan fingerprint density at radius 3 is 2.40 bits per heavy atom. The van der Waals surface area contributed by atoms with Gasteiger partial charge in [-0.05, 0) is 44.0 Å². The van der Waals surface area contributed by atoms with E-state index in [-0.39, 0.29) is 0 Å². The van der Waals surface area contributed by atoms with Crippen molar-refractivity contribution in [2.45, 2.75) is 4.90 Å². The minimum absolute atomic E-state index is 0.651. The van der Waals surface area contributed by atoms with Gasteiger partial charge in [0, 0.05) is 13.8 Å². The predicted molar refractivity (Wildman–Crippen MR) is 54.1 cm³/mol. The van der Waals surface area contributed by atoms with Crippen molar-refractivity contribution >= 4 is 56.1 Å². The zero-order valence-electron chi connectivity index (χ0n) is 4.74. The Kier molecular flexibility index (Phi) is 3.10. The smallest absolute Gasteiger partial charge is 0.0551 e. The van der Waals surface area contributed by atoms with Gasteiger partial charge in [-0.2, -0.15) is 0 Å². The summed E-state index contributed by atoms with van der Waals surface area (Å²) in [4.78, 5) is 0.760. The van der Waals surface area contributed by atoms with E-state index < -0.39 is 0 Å². The first-order valence-electron chi connectivity index (χ1n) is 2.45. The van der Waals surface area contributed by atoms with Crippen LogP contribution in [0.1, 0.15) is 0 Å². The average molecular weight is 302 g/mol. The van der Waals surface area contributed by atoms with Crippen molar-refractivity contribution in [2.24, 2.45) is 0 Å². The molecule has 0 bridgehead atoms. The van der Waals surface area contributed by atoms with Crippen molar-refractivity contribution in [1.82, 2.24) is 0 Å². The van der Waals surface area contributed by atoms with Crippen LogP contribution in [0, 0.1) is 0 Å². The van der Waals surface area contributed by atoms with Gasteiger partial charge < -0.3 is 0 Å². The molecule has 4 heteroatoms. The fourth-order valence-electron chi connectivity index (χ4n) is 0.516. The molecule has 0 nitrogen and oxygen atoms in total. The van der Waals surface area contributed by atoms with Gasteiger partial charge in [-0.15, -0.1) is 12.6 Å². The topological polar surface area (TPSA) is 0 Å². The molecule has 1 rings (SSSR count). The highest BCUT2D eigenvalue weighted by atomic mass is 79.9. The van der Waals surface area contributed by atoms with Crippen LogP contribution in [0.5, 0.6) is 0 Å². The van der Waals surface area contributed by atoms with Crippen LogP contribution >= 0.6 is 56.1 Å². The average Bonchev–Trinajstić information content (AvgIpc) is 1.93. The van der Waals surface area contributed by atoms with E-state index in [4.69, 9.17) is 11.6 Å². The molecule has 0 radical (unpaired) electrons. The molecule has 0 aliphatic carbocycles. The van der Waals surface area contributed by atoms with Crippen LogP contribution in [0.2, 0.25) is 5.02 Å². The Bertz CT molecular complexity index is 235. The van der Waals surface area contributed by atoms with Crippen molar-refractivity contribution < 1.29 is 0 Å². The van der Waals surface area contributed by atoms with Gasteiger partial charge in [0.25, 0.3) is 0 Å². The molecule has 0 fully saturated rings. The van der Waals surface area contributed by atoms with Crippen LogP contribution < -0.4 is 0 Å². The van der Waals surface area contributed by atoms with E-state index in [1.54, 1.807) is 6.07 Å². The molecule has 0 aliphatic rings. The lowest BCUT2D eigenvalue weighted by atomic mass is 10.4. The molecule has 0 aromatic heterocycles. The lowest BCUT2D eigenvalue weighted by Crippen LogP contribution is -1.73. The van der Waals surface area contributed by atoms with Crippen LogP contribution in [0.4, 0.5) is 0 Å². The first-order chi connectivity index (χ1) is 4.63. The fourth-order valence-corrected chi connectivity index (χ4v) is 1.81. The maximum absolute atomic E-state index is 5.76. The van der Waals surface area contributed by atoms with Crippen molar-refractivity contribution in [2.75, 3.05) is 0 Å². The molecule has 0 saturated carbocycles. The summed E-state index contributed by atoms with van der Waals surface area (Å²) in [5.74, 6) is 0. The molecule has 0 heterocycles. The van der Waals surface area contributed by atoms with E-state index in [9.17, 15) is 0 Å². The van der Waals surface area contributed by atoms with Gasteiger partial charge in [-0.1, -0.05) is 11.6 Å². The molecule has 0 amide bonds. The summed E-state index contributed by atoms with van der Waals surface area (Å²) < 4.78 is 1.85. The van der Waals surface area contributed by atoms with E-state index in [1.165, 1.54) is 0 Å². The molecule has 0 saturated heterocycles. The molecule has 10 heavy (non-hydrogen) atoms. The van der Waals surface area contributed by atoms with Crippen molar-refractivity contribution in [3.63, 3.8) is 0 Å². The van der Waals surface area contributed by atoms with Gasteiger partial charge in [-0.3, -0.25) is 0 Å². The van der Waals surface area contributed by atoms with Crippen LogP contribution in [-0.4, -0.2) is 0 Å². The molecule has 0 N–H and O–H groups in total. The Labute approximate surface area is 86.6 Å². The molecule has 1 aromatic rings. The SMILES string of the molecule is Sc1c(Cl)ccc(Br)c1Br. The van der Waals surface area contributed by atoms with Gasteiger partial charge in [0.1, 0.15) is 0 Å². The van der Waals surface area contributed by atoms with Crippen molar-refractivity contribution in [3.8, 4) is 0 Å². The van der Waals surface area contributed by atoms with Gasteiger partial charge in [0.05, 0.1) is 5.02 Å². The molecule has 0 unspecified atom stereocenters. The summed E-state index contributed by atoms with van der Waals surface area (Å²) in [6, 6.07) is 3.66. The van der Waals surface area contributed by atoms with Gasteiger partial charge in [0.15, 0.2) is 0 Å². The first kappa shape index (κ1) is 8.91. The zero-order valence-corrected chi connectivity index (χ0v) is 9.56. The Morgan fingerprint density at radius 2 is 1.90 bits per heavy atom. The second-order valence-electron chi connectivity index (χ2n) is 1.69. The summed E-state index contributed by atoms with van der Waals surface area (Å²) >= 11 is 16.6. The number of halogens is 3. The number of hydrogen-bond donors (Lipinski definition) is 1. The predicted octanol–water partition coefficient (Wildman–Crippen LogP) is 4.15. The van der Waals surface area contributed by atoms with Crippen LogP contribution in [0.25, 0.3) is 0 Å². The largest absolute Gasteiger partial charge is 0.141 e. The quantitative estimate of drug-likeness (QED) is 0.540. The first-order valence-corrected chi connectivity index (χ1v) is 4.86. The summed E-state index contributed by atoms with van der Waals surface area (Å²) in [5, 5.41) is 0.651. The maximum atomic E-state index is 5.76. The third kappa shape index (κ3) is 1.70. The number of thiol groups is 1. The van der Waals surface area contributed by atoms with Crippen LogP contribution in [0.3, 0.4) is 0 Å². The molecular formula is C6H3Br2ClS. The molecule has 0 atom stereocenters. The summed E-state index contributed by atoms with van der Waals surface area (Å²) in [5.41, 5.74) is 0. The Balaban J connectivity index is 3.34. The summed E-state index contributed by atoms with van der Waals surface area (Å²) in [6.45, 7) is 0. The van der Waals surface area contributed by atoms with Gasteiger partial charge in [-0.25, -0.2) is 0 Å². The number of hydrogen-bond acceptors (Lipinski definition) is 1. The number of benzene rings is 1. The van der Waals surface area contributed by atoms with E-state index in [2.05, 4.69) is 44.5 Å². The minimum atomic E-state index is 0.651. The zero-order chi connectivity index (χ0) is 7.72. The van der Waals surface area contributed by atoms with Crippen LogP contribution in [-0.2, 0) is 0 Å². The number of rotatable bonds is 0. The van der Waals surface area contributed by atoms with Gasteiger partial charge in [0.2, 0.25) is 0 Å². The van der Waals surface area contributed by atoms with E-state index in [1.807, 2.05) is 6.07 Å². The highest BCUT2D eigenvalue weighted by Crippen LogP contribution is 2.34. The molecule has 54 valence electrons. The fraction of sp³-hybridized carbons (Fsp3) is 0. The third-order valence-corrected chi connectivity index (χ3v) is 4.25. The molecule has 0 spiro atoms. The molecule has 1 aromatic carbocycles. The van der Waals surface area contributed by atoms with Crippen molar-refractivity contribution in [1.29, 1.82) is 0 Å². The summed E-state index contributed by atoms with van der Waals surface area (Å²) in [7, 11) is 0. The minimum Gasteiger partial charge on any atom is -0.141 e. The maximum Gasteiger partial charge on any atom is 0.0551 e.